The second-order valence-electron chi connectivity index (χ2n) is 7.20. The number of Topliss-reactive ketones (excluding diaryl/α,β-unsaturated/α-hetero) is 1. The van der Waals surface area contributed by atoms with Gasteiger partial charge in [-0.15, -0.1) is 0 Å². The molecule has 0 aliphatic carbocycles. The molecule has 1 aromatic heterocycles. The molecule has 0 atom stereocenters. The number of aromatic nitrogens is 2. The molecule has 0 saturated carbocycles. The second-order valence-corrected chi connectivity index (χ2v) is 7.20. The molecule has 0 amide bonds. The number of carbonyl (C=O) groups is 2. The maximum Gasteiger partial charge on any atom is 0.338 e. The van der Waals surface area contributed by atoms with E-state index in [0.29, 0.717) is 23.1 Å². The van der Waals surface area contributed by atoms with Crippen LogP contribution in [0.15, 0.2) is 72.8 Å². The number of hydrogen-bond acceptors (Lipinski definition) is 4. The second kappa shape index (κ2) is 8.92. The Kier molecular flexibility index (Phi) is 5.89. The van der Waals surface area contributed by atoms with E-state index in [1.54, 1.807) is 12.1 Å². The zero-order chi connectivity index (χ0) is 21.8. The van der Waals surface area contributed by atoms with E-state index in [-0.39, 0.29) is 24.6 Å². The van der Waals surface area contributed by atoms with Gasteiger partial charge in [-0.2, -0.15) is 0 Å². The summed E-state index contributed by atoms with van der Waals surface area (Å²) in [7, 11) is 0. The van der Waals surface area contributed by atoms with E-state index in [9.17, 15) is 14.0 Å². The largest absolute Gasteiger partial charge is 0.462 e. The van der Waals surface area contributed by atoms with Gasteiger partial charge >= 0.3 is 5.97 Å². The van der Waals surface area contributed by atoms with Gasteiger partial charge < -0.3 is 4.74 Å². The van der Waals surface area contributed by atoms with Crippen LogP contribution in [-0.2, 0) is 4.74 Å². The lowest BCUT2D eigenvalue weighted by molar-refractivity contribution is 0.0494. The summed E-state index contributed by atoms with van der Waals surface area (Å²) in [6.45, 7) is 2.05. The van der Waals surface area contributed by atoms with Crippen molar-refractivity contribution in [3.63, 3.8) is 0 Å². The first-order chi connectivity index (χ1) is 15.0. The topological polar surface area (TPSA) is 61.2 Å². The van der Waals surface area contributed by atoms with Crippen molar-refractivity contribution in [3.8, 4) is 5.69 Å². The van der Waals surface area contributed by atoms with E-state index in [2.05, 4.69) is 4.98 Å². The Hall–Kier alpha value is -3.80. The highest BCUT2D eigenvalue weighted by atomic mass is 19.1. The molecule has 5 nitrogen and oxygen atoms in total. The number of carbonyl (C=O) groups excluding carboxylic acids is 2. The number of ketones is 1. The average molecular weight is 416 g/mol. The van der Waals surface area contributed by atoms with E-state index in [4.69, 9.17) is 4.74 Å². The SMILES string of the molecule is Cc1nc2cc(C(=O)OCCCC(=O)c3ccc(F)cc3)ccc2n1-c1ccccc1. The van der Waals surface area contributed by atoms with Gasteiger partial charge in [-0.3, -0.25) is 9.36 Å². The lowest BCUT2D eigenvalue weighted by Crippen LogP contribution is -2.08. The average Bonchev–Trinajstić information content (AvgIpc) is 3.12. The Morgan fingerprint density at radius 3 is 2.42 bits per heavy atom. The van der Waals surface area contributed by atoms with Crippen LogP contribution in [0.5, 0.6) is 0 Å². The molecule has 4 aromatic rings. The number of imidazole rings is 1. The van der Waals surface area contributed by atoms with Crippen LogP contribution in [0.2, 0.25) is 0 Å². The third-order valence-corrected chi connectivity index (χ3v) is 5.02. The number of fused-ring (bicyclic) bond motifs is 1. The van der Waals surface area contributed by atoms with Gasteiger partial charge in [-0.25, -0.2) is 14.2 Å². The number of esters is 1. The van der Waals surface area contributed by atoms with Gasteiger partial charge in [0.05, 0.1) is 23.2 Å². The number of nitrogens with zero attached hydrogens (tertiary/aromatic N) is 2. The van der Waals surface area contributed by atoms with Crippen molar-refractivity contribution in [2.75, 3.05) is 6.61 Å². The molecule has 0 fully saturated rings. The van der Waals surface area contributed by atoms with E-state index < -0.39 is 5.97 Å². The summed E-state index contributed by atoms with van der Waals surface area (Å²) in [6, 6.07) is 20.6. The molecule has 0 saturated heterocycles. The summed E-state index contributed by atoms with van der Waals surface area (Å²) in [5.41, 5.74) is 3.48. The molecule has 0 spiro atoms. The number of para-hydroxylation sites is 1. The van der Waals surface area contributed by atoms with Crippen LogP contribution >= 0.6 is 0 Å². The number of rotatable bonds is 7. The highest BCUT2D eigenvalue weighted by molar-refractivity contribution is 5.96. The van der Waals surface area contributed by atoms with E-state index in [1.807, 2.05) is 47.9 Å². The third-order valence-electron chi connectivity index (χ3n) is 5.02. The molecule has 156 valence electrons. The van der Waals surface area contributed by atoms with Gasteiger partial charge in [-0.1, -0.05) is 18.2 Å². The molecule has 0 N–H and O–H groups in total. The van der Waals surface area contributed by atoms with Gasteiger partial charge in [0.25, 0.3) is 0 Å². The third kappa shape index (κ3) is 4.53. The minimum absolute atomic E-state index is 0.112. The minimum atomic E-state index is -0.456. The van der Waals surface area contributed by atoms with Gasteiger partial charge in [0.15, 0.2) is 5.78 Å². The Balaban J connectivity index is 1.38. The Morgan fingerprint density at radius 2 is 1.68 bits per heavy atom. The predicted octanol–water partition coefficient (Wildman–Crippen LogP) is 5.29. The van der Waals surface area contributed by atoms with Crippen molar-refractivity contribution in [2.45, 2.75) is 19.8 Å². The highest BCUT2D eigenvalue weighted by Crippen LogP contribution is 2.22. The predicted molar refractivity (Wildman–Crippen MR) is 116 cm³/mol. The van der Waals surface area contributed by atoms with Gasteiger partial charge in [0.1, 0.15) is 11.6 Å². The van der Waals surface area contributed by atoms with Crippen molar-refractivity contribution in [1.29, 1.82) is 0 Å². The first-order valence-electron chi connectivity index (χ1n) is 10.0. The van der Waals surface area contributed by atoms with Crippen molar-refractivity contribution in [3.05, 3.63) is 95.6 Å². The van der Waals surface area contributed by atoms with Gasteiger partial charge in [0, 0.05) is 17.7 Å². The van der Waals surface area contributed by atoms with Gasteiger partial charge in [-0.05, 0) is 67.9 Å². The molecule has 6 heteroatoms. The zero-order valence-corrected chi connectivity index (χ0v) is 17.0. The first-order valence-corrected chi connectivity index (χ1v) is 10.0. The zero-order valence-electron chi connectivity index (χ0n) is 17.0. The molecule has 0 bridgehead atoms. The summed E-state index contributed by atoms with van der Waals surface area (Å²) >= 11 is 0. The van der Waals surface area contributed by atoms with Crippen molar-refractivity contribution >= 4 is 22.8 Å². The van der Waals surface area contributed by atoms with Crippen LogP contribution in [-0.4, -0.2) is 27.9 Å². The van der Waals surface area contributed by atoms with Crippen LogP contribution in [0.3, 0.4) is 0 Å². The maximum absolute atomic E-state index is 12.9. The lowest BCUT2D eigenvalue weighted by Gasteiger charge is -2.07. The molecule has 4 rings (SSSR count). The summed E-state index contributed by atoms with van der Waals surface area (Å²) in [5.74, 6) is -0.125. The van der Waals surface area contributed by atoms with Crippen LogP contribution in [0.4, 0.5) is 4.39 Å². The minimum Gasteiger partial charge on any atom is -0.462 e. The van der Waals surface area contributed by atoms with Crippen molar-refractivity contribution in [2.24, 2.45) is 0 Å². The standard InChI is InChI=1S/C25H21FN2O3/c1-17-27-22-16-19(11-14-23(22)28(17)21-6-3-2-4-7-21)25(30)31-15-5-8-24(29)18-9-12-20(26)13-10-18/h2-4,6-7,9-14,16H,5,8,15H2,1H3. The lowest BCUT2D eigenvalue weighted by atomic mass is 10.1. The fourth-order valence-corrected chi connectivity index (χ4v) is 3.49. The molecule has 0 aliphatic heterocycles. The smallest absolute Gasteiger partial charge is 0.338 e. The fraction of sp³-hybridized carbons (Fsp3) is 0.160. The van der Waals surface area contributed by atoms with Crippen LogP contribution in [0.25, 0.3) is 16.7 Å². The first kappa shape index (κ1) is 20.5. The summed E-state index contributed by atoms with van der Waals surface area (Å²) in [5, 5.41) is 0. The number of ether oxygens (including phenoxy) is 1. The number of aryl methyl sites for hydroxylation is 1. The van der Waals surface area contributed by atoms with Crippen LogP contribution < -0.4 is 0 Å². The molecule has 0 unspecified atom stereocenters. The van der Waals surface area contributed by atoms with Crippen LogP contribution in [0, 0.1) is 12.7 Å². The van der Waals surface area contributed by atoms with Crippen LogP contribution in [0.1, 0.15) is 39.4 Å². The summed E-state index contributed by atoms with van der Waals surface area (Å²) in [4.78, 5) is 29.1. The molecule has 1 heterocycles. The van der Waals surface area contributed by atoms with E-state index in [1.165, 1.54) is 24.3 Å². The Bertz CT molecular complexity index is 1230. The molecule has 0 radical (unpaired) electrons. The normalized spacial score (nSPS) is 10.9. The Morgan fingerprint density at radius 1 is 0.968 bits per heavy atom. The number of benzene rings is 3. The molecular formula is C25H21FN2O3. The summed E-state index contributed by atoms with van der Waals surface area (Å²) < 4.78 is 20.3. The molecule has 0 aliphatic rings. The summed E-state index contributed by atoms with van der Waals surface area (Å²) in [6.07, 6.45) is 0.616. The fourth-order valence-electron chi connectivity index (χ4n) is 3.49. The monoisotopic (exact) mass is 416 g/mol. The van der Waals surface area contributed by atoms with E-state index in [0.717, 1.165) is 17.0 Å². The van der Waals surface area contributed by atoms with E-state index >= 15 is 0 Å². The molecule has 31 heavy (non-hydrogen) atoms. The van der Waals surface area contributed by atoms with Crippen molar-refractivity contribution < 1.29 is 18.7 Å². The van der Waals surface area contributed by atoms with Crippen molar-refractivity contribution in [1.82, 2.24) is 9.55 Å². The molecular weight excluding hydrogens is 395 g/mol. The number of halogens is 1. The number of hydrogen-bond donors (Lipinski definition) is 0. The Labute approximate surface area is 179 Å². The quantitative estimate of drug-likeness (QED) is 0.233. The molecule has 3 aromatic carbocycles. The highest BCUT2D eigenvalue weighted by Gasteiger charge is 2.14. The van der Waals surface area contributed by atoms with Gasteiger partial charge in [0.2, 0.25) is 0 Å². The maximum atomic E-state index is 12.9.